The number of hydrogen-bond acceptors (Lipinski definition) is 6. The summed E-state index contributed by atoms with van der Waals surface area (Å²) in [5.74, 6) is 1.14. The number of pyridine rings is 1. The third kappa shape index (κ3) is 4.16. The fourth-order valence-corrected chi connectivity index (χ4v) is 5.28. The van der Waals surface area contributed by atoms with Gasteiger partial charge in [0.15, 0.2) is 0 Å². The quantitative estimate of drug-likeness (QED) is 0.550. The van der Waals surface area contributed by atoms with E-state index < -0.39 is 0 Å². The number of hydrogen-bond donors (Lipinski definition) is 1. The van der Waals surface area contributed by atoms with E-state index in [-0.39, 0.29) is 17.5 Å². The number of thiocarbonyl (C=S) groups is 1. The van der Waals surface area contributed by atoms with Crippen LogP contribution in [-0.2, 0) is 4.79 Å². The van der Waals surface area contributed by atoms with Gasteiger partial charge in [0, 0.05) is 18.8 Å². The highest BCUT2D eigenvalue weighted by molar-refractivity contribution is 8.26. The van der Waals surface area contributed by atoms with Crippen molar-refractivity contribution < 1.29 is 4.79 Å². The second-order valence-electron chi connectivity index (χ2n) is 8.04. The summed E-state index contributed by atoms with van der Waals surface area (Å²) in [6, 6.07) is 5.76. The maximum Gasteiger partial charge on any atom is 0.267 e. The maximum atomic E-state index is 13.3. The summed E-state index contributed by atoms with van der Waals surface area (Å²) >= 11 is 6.62. The predicted octanol–water partition coefficient (Wildman–Crippen LogP) is 4.30. The van der Waals surface area contributed by atoms with Gasteiger partial charge in [-0.2, -0.15) is 0 Å². The molecule has 1 saturated heterocycles. The van der Waals surface area contributed by atoms with Crippen LogP contribution in [0.4, 0.5) is 5.82 Å². The van der Waals surface area contributed by atoms with Crippen molar-refractivity contribution in [2.75, 3.05) is 11.9 Å². The molecule has 3 heterocycles. The molecule has 2 aromatic rings. The van der Waals surface area contributed by atoms with E-state index in [2.05, 4.69) is 12.2 Å². The van der Waals surface area contributed by atoms with Gasteiger partial charge in [0.2, 0.25) is 0 Å². The van der Waals surface area contributed by atoms with Crippen molar-refractivity contribution in [3.8, 4) is 0 Å². The lowest BCUT2D eigenvalue weighted by Crippen LogP contribution is -2.29. The first-order chi connectivity index (χ1) is 14.5. The Kier molecular flexibility index (Phi) is 6.24. The topological polar surface area (TPSA) is 66.7 Å². The number of nitrogens with one attached hydrogen (secondary N) is 1. The molecule has 1 saturated carbocycles. The minimum atomic E-state index is -0.187. The summed E-state index contributed by atoms with van der Waals surface area (Å²) in [6.45, 7) is 4.87. The van der Waals surface area contributed by atoms with Gasteiger partial charge in [-0.15, -0.1) is 0 Å². The molecule has 4 rings (SSSR count). The number of rotatable bonds is 5. The summed E-state index contributed by atoms with van der Waals surface area (Å²) in [4.78, 5) is 32.9. The number of carbonyl (C=O) groups excluding carboxylic acids is 1. The standard InChI is InChI=1S/C22H26N4O2S2/c1-3-11-26-21(28)17(30-22(26)29)13-16-19(23-15-9-7-14(2)8-10-15)24-18-6-4-5-12-25(18)20(16)27/h4-6,12-15,23H,3,7-11H2,1-2H3/b17-13+. The minimum Gasteiger partial charge on any atom is -0.367 e. The van der Waals surface area contributed by atoms with E-state index in [4.69, 9.17) is 17.2 Å². The second-order valence-corrected chi connectivity index (χ2v) is 9.72. The molecule has 30 heavy (non-hydrogen) atoms. The molecule has 0 radical (unpaired) electrons. The van der Waals surface area contributed by atoms with Gasteiger partial charge in [-0.3, -0.25) is 18.9 Å². The number of amides is 1. The highest BCUT2D eigenvalue weighted by Gasteiger charge is 2.32. The van der Waals surface area contributed by atoms with Crippen LogP contribution in [0.5, 0.6) is 0 Å². The maximum absolute atomic E-state index is 13.3. The number of carbonyl (C=O) groups is 1. The molecule has 0 aromatic carbocycles. The molecule has 158 valence electrons. The van der Waals surface area contributed by atoms with Crippen LogP contribution in [0.25, 0.3) is 11.7 Å². The van der Waals surface area contributed by atoms with Crippen molar-refractivity contribution in [3.05, 3.63) is 45.2 Å². The molecule has 1 aliphatic carbocycles. The van der Waals surface area contributed by atoms with E-state index in [0.717, 1.165) is 38.0 Å². The van der Waals surface area contributed by atoms with Crippen molar-refractivity contribution >= 4 is 51.7 Å². The number of fused-ring (bicyclic) bond motifs is 1. The van der Waals surface area contributed by atoms with Gasteiger partial charge >= 0.3 is 0 Å². The monoisotopic (exact) mass is 442 g/mol. The van der Waals surface area contributed by atoms with Crippen LogP contribution in [0.1, 0.15) is 51.5 Å². The lowest BCUT2D eigenvalue weighted by atomic mass is 9.87. The Bertz CT molecular complexity index is 1070. The Morgan fingerprint density at radius 1 is 1.27 bits per heavy atom. The first-order valence-electron chi connectivity index (χ1n) is 10.5. The molecule has 0 bridgehead atoms. The highest BCUT2D eigenvalue weighted by atomic mass is 32.2. The Balaban J connectivity index is 1.76. The minimum absolute atomic E-state index is 0.137. The molecular weight excluding hydrogens is 416 g/mol. The van der Waals surface area contributed by atoms with Gasteiger partial charge in [-0.1, -0.05) is 43.9 Å². The fraction of sp³-hybridized carbons (Fsp3) is 0.455. The molecule has 2 fully saturated rings. The molecule has 0 unspecified atom stereocenters. The molecule has 8 heteroatoms. The molecule has 1 amide bonds. The third-order valence-corrected chi connectivity index (χ3v) is 7.10. The van der Waals surface area contributed by atoms with Crippen LogP contribution in [0.15, 0.2) is 34.1 Å². The van der Waals surface area contributed by atoms with Gasteiger partial charge in [0.05, 0.1) is 10.5 Å². The summed E-state index contributed by atoms with van der Waals surface area (Å²) in [7, 11) is 0. The van der Waals surface area contributed by atoms with Gasteiger partial charge < -0.3 is 5.32 Å². The first-order valence-corrected chi connectivity index (χ1v) is 11.7. The molecule has 1 N–H and O–H groups in total. The predicted molar refractivity (Wildman–Crippen MR) is 127 cm³/mol. The van der Waals surface area contributed by atoms with Crippen molar-refractivity contribution in [2.24, 2.45) is 5.92 Å². The molecular formula is C22H26N4O2S2. The zero-order valence-corrected chi connectivity index (χ0v) is 18.9. The summed E-state index contributed by atoms with van der Waals surface area (Å²) in [5, 5.41) is 3.50. The second kappa shape index (κ2) is 8.89. The molecule has 0 atom stereocenters. The van der Waals surface area contributed by atoms with E-state index in [9.17, 15) is 9.59 Å². The van der Waals surface area contributed by atoms with Crippen LogP contribution in [0.2, 0.25) is 0 Å². The van der Waals surface area contributed by atoms with Gasteiger partial charge in [-0.25, -0.2) is 4.98 Å². The Hall–Kier alpha value is -2.19. The van der Waals surface area contributed by atoms with Crippen molar-refractivity contribution in [2.45, 2.75) is 52.0 Å². The van der Waals surface area contributed by atoms with E-state index >= 15 is 0 Å². The van der Waals surface area contributed by atoms with Crippen LogP contribution in [0, 0.1) is 5.92 Å². The van der Waals surface area contributed by atoms with Crippen LogP contribution in [-0.4, -0.2) is 37.1 Å². The first kappa shape index (κ1) is 21.1. The average Bonchev–Trinajstić information content (AvgIpc) is 3.00. The van der Waals surface area contributed by atoms with Crippen LogP contribution >= 0.6 is 24.0 Å². The fourth-order valence-electron chi connectivity index (χ4n) is 3.99. The van der Waals surface area contributed by atoms with Crippen molar-refractivity contribution in [1.82, 2.24) is 14.3 Å². The third-order valence-electron chi connectivity index (χ3n) is 5.72. The normalized spacial score (nSPS) is 23.5. The number of nitrogens with zero attached hydrogens (tertiary/aromatic N) is 3. The summed E-state index contributed by atoms with van der Waals surface area (Å²) in [6.07, 6.45) is 8.62. The smallest absolute Gasteiger partial charge is 0.267 e. The van der Waals surface area contributed by atoms with Crippen molar-refractivity contribution in [1.29, 1.82) is 0 Å². The van der Waals surface area contributed by atoms with E-state index in [1.165, 1.54) is 16.2 Å². The van der Waals surface area contributed by atoms with Crippen molar-refractivity contribution in [3.63, 3.8) is 0 Å². The van der Waals surface area contributed by atoms with Gasteiger partial charge in [-0.05, 0) is 56.2 Å². The SMILES string of the molecule is CCCN1C(=O)/C(=C\c2c(NC3CCC(C)CC3)nc3ccccn3c2=O)SC1=S. The zero-order valence-electron chi connectivity index (χ0n) is 17.3. The van der Waals surface area contributed by atoms with Crippen LogP contribution < -0.4 is 10.9 Å². The van der Waals surface area contributed by atoms with Gasteiger partial charge in [0.25, 0.3) is 11.5 Å². The number of anilines is 1. The summed E-state index contributed by atoms with van der Waals surface area (Å²) in [5.41, 5.74) is 0.812. The number of aromatic nitrogens is 2. The molecule has 1 aliphatic heterocycles. The Morgan fingerprint density at radius 2 is 2.03 bits per heavy atom. The molecule has 2 aromatic heterocycles. The highest BCUT2D eigenvalue weighted by Crippen LogP contribution is 2.33. The van der Waals surface area contributed by atoms with E-state index in [0.29, 0.717) is 32.8 Å². The largest absolute Gasteiger partial charge is 0.367 e. The summed E-state index contributed by atoms with van der Waals surface area (Å²) < 4.78 is 2.06. The van der Waals surface area contributed by atoms with E-state index in [1.807, 2.05) is 19.1 Å². The zero-order chi connectivity index (χ0) is 21.3. The molecule has 2 aliphatic rings. The number of thioether (sulfide) groups is 1. The van der Waals surface area contributed by atoms with Crippen LogP contribution in [0.3, 0.4) is 0 Å². The average molecular weight is 443 g/mol. The molecule has 6 nitrogen and oxygen atoms in total. The Labute approximate surface area is 185 Å². The Morgan fingerprint density at radius 3 is 2.77 bits per heavy atom. The molecule has 0 spiro atoms. The van der Waals surface area contributed by atoms with E-state index in [1.54, 1.807) is 23.2 Å². The van der Waals surface area contributed by atoms with Gasteiger partial charge in [0.1, 0.15) is 15.8 Å². The lowest BCUT2D eigenvalue weighted by Gasteiger charge is -2.27. The lowest BCUT2D eigenvalue weighted by molar-refractivity contribution is -0.122.